The number of carbonyl (C=O) groups is 1. The zero-order valence-electron chi connectivity index (χ0n) is 13.7. The highest BCUT2D eigenvalue weighted by atomic mass is 32.2. The third kappa shape index (κ3) is 4.23. The number of methoxy groups -OCH3 is 1. The predicted octanol–water partition coefficient (Wildman–Crippen LogP) is 2.98. The molecule has 0 spiro atoms. The maximum atomic E-state index is 13.7. The van der Waals surface area contributed by atoms with Crippen LogP contribution < -0.4 is 4.74 Å². The second-order valence-corrected chi connectivity index (χ2v) is 6.25. The summed E-state index contributed by atoms with van der Waals surface area (Å²) in [4.78, 5) is 12.1. The molecule has 0 fully saturated rings. The zero-order valence-corrected chi connectivity index (χ0v) is 14.5. The number of ether oxygens (including phenoxy) is 1. The van der Waals surface area contributed by atoms with E-state index in [1.165, 1.54) is 4.68 Å². The van der Waals surface area contributed by atoms with Crippen LogP contribution >= 0.6 is 11.8 Å². The largest absolute Gasteiger partial charge is 0.497 e. The number of ketones is 1. The molecule has 9 heteroatoms. The molecule has 0 radical (unpaired) electrons. The summed E-state index contributed by atoms with van der Waals surface area (Å²) >= 11 is 1.06. The summed E-state index contributed by atoms with van der Waals surface area (Å²) in [6.07, 6.45) is 0. The third-order valence-electron chi connectivity index (χ3n) is 3.55. The maximum Gasteiger partial charge on any atom is 0.210 e. The molecule has 26 heavy (non-hydrogen) atoms. The second kappa shape index (κ2) is 8.05. The molecule has 1 heterocycles. The molecule has 134 valence electrons. The molecular weight excluding hydrogens is 362 g/mol. The first-order chi connectivity index (χ1) is 12.6. The summed E-state index contributed by atoms with van der Waals surface area (Å²) in [5.74, 6) is -1.32. The Balaban J connectivity index is 1.66. The van der Waals surface area contributed by atoms with Gasteiger partial charge >= 0.3 is 0 Å². The van der Waals surface area contributed by atoms with Crippen LogP contribution in [0.25, 0.3) is 0 Å². The molecule has 0 amide bonds. The molecule has 0 bridgehead atoms. The number of rotatable bonds is 7. The molecule has 6 nitrogen and oxygen atoms in total. The number of thioether (sulfide) groups is 1. The Morgan fingerprint density at radius 2 is 1.96 bits per heavy atom. The summed E-state index contributed by atoms with van der Waals surface area (Å²) in [7, 11) is 1.59. The number of nitrogens with zero attached hydrogens (tertiary/aromatic N) is 4. The predicted molar refractivity (Wildman–Crippen MR) is 91.3 cm³/mol. The fourth-order valence-electron chi connectivity index (χ4n) is 2.22. The fourth-order valence-corrected chi connectivity index (χ4v) is 2.98. The van der Waals surface area contributed by atoms with Crippen LogP contribution in [-0.2, 0) is 6.54 Å². The monoisotopic (exact) mass is 376 g/mol. The van der Waals surface area contributed by atoms with E-state index < -0.39 is 17.4 Å². The summed E-state index contributed by atoms with van der Waals surface area (Å²) < 4.78 is 33.5. The van der Waals surface area contributed by atoms with E-state index in [9.17, 15) is 13.6 Å². The van der Waals surface area contributed by atoms with E-state index in [1.807, 2.05) is 24.3 Å². The van der Waals surface area contributed by atoms with Crippen LogP contribution in [0.1, 0.15) is 15.9 Å². The quantitative estimate of drug-likeness (QED) is 0.466. The lowest BCUT2D eigenvalue weighted by Crippen LogP contribution is -2.08. The maximum absolute atomic E-state index is 13.7. The van der Waals surface area contributed by atoms with E-state index >= 15 is 0 Å². The molecule has 0 aliphatic carbocycles. The molecule has 0 aliphatic rings. The molecule has 3 aromatic rings. The van der Waals surface area contributed by atoms with Crippen molar-refractivity contribution < 1.29 is 18.3 Å². The van der Waals surface area contributed by atoms with E-state index in [-0.39, 0.29) is 11.3 Å². The van der Waals surface area contributed by atoms with Gasteiger partial charge in [0.15, 0.2) is 5.78 Å². The van der Waals surface area contributed by atoms with Crippen molar-refractivity contribution in [2.24, 2.45) is 0 Å². The van der Waals surface area contributed by atoms with E-state index in [1.54, 1.807) is 7.11 Å². The van der Waals surface area contributed by atoms with Gasteiger partial charge in [-0.3, -0.25) is 4.79 Å². The van der Waals surface area contributed by atoms with Crippen LogP contribution in [-0.4, -0.2) is 38.9 Å². The third-order valence-corrected chi connectivity index (χ3v) is 4.51. The summed E-state index contributed by atoms with van der Waals surface area (Å²) in [5.41, 5.74) is 0.661. The number of Topliss-reactive ketones (excluding diaryl/α,β-unsaturated/α-hetero) is 1. The van der Waals surface area contributed by atoms with Gasteiger partial charge in [0.1, 0.15) is 17.4 Å². The molecule has 1 aromatic heterocycles. The van der Waals surface area contributed by atoms with Gasteiger partial charge in [0.05, 0.1) is 25.0 Å². The molecule has 0 saturated carbocycles. The zero-order chi connectivity index (χ0) is 18.5. The van der Waals surface area contributed by atoms with Crippen molar-refractivity contribution in [2.45, 2.75) is 11.7 Å². The van der Waals surface area contributed by atoms with Crippen LogP contribution in [0.4, 0.5) is 8.78 Å². The molecule has 0 N–H and O–H groups in total. The lowest BCUT2D eigenvalue weighted by atomic mass is 10.1. The van der Waals surface area contributed by atoms with Crippen molar-refractivity contribution >= 4 is 17.5 Å². The Hall–Kier alpha value is -2.81. The first-order valence-electron chi connectivity index (χ1n) is 7.57. The van der Waals surface area contributed by atoms with Crippen LogP contribution in [0.15, 0.2) is 47.6 Å². The SMILES string of the molecule is COc1ccc(Cn2nnnc2SCC(=O)c2cc(F)ccc2F)cc1. The molecule has 0 saturated heterocycles. The molecular formula is C17H14F2N4O2S. The number of aromatic nitrogens is 4. The lowest BCUT2D eigenvalue weighted by molar-refractivity contribution is 0.101. The number of benzene rings is 2. The average molecular weight is 376 g/mol. The van der Waals surface area contributed by atoms with E-state index in [0.717, 1.165) is 41.3 Å². The Bertz CT molecular complexity index is 915. The van der Waals surface area contributed by atoms with Crippen LogP contribution in [0.5, 0.6) is 5.75 Å². The van der Waals surface area contributed by atoms with Gasteiger partial charge in [0, 0.05) is 0 Å². The first kappa shape index (κ1) is 18.0. The lowest BCUT2D eigenvalue weighted by Gasteiger charge is -2.06. The fraction of sp³-hybridized carbons (Fsp3) is 0.176. The van der Waals surface area contributed by atoms with Crippen molar-refractivity contribution in [3.8, 4) is 5.75 Å². The van der Waals surface area contributed by atoms with Gasteiger partial charge in [-0.2, -0.15) is 0 Å². The van der Waals surface area contributed by atoms with Gasteiger partial charge in [0.2, 0.25) is 5.16 Å². The van der Waals surface area contributed by atoms with Gasteiger partial charge < -0.3 is 4.74 Å². The normalized spacial score (nSPS) is 10.7. The molecule has 2 aromatic carbocycles. The van der Waals surface area contributed by atoms with Gasteiger partial charge in [-0.1, -0.05) is 23.9 Å². The summed E-state index contributed by atoms with van der Waals surface area (Å²) in [5, 5.41) is 11.8. The van der Waals surface area contributed by atoms with Crippen LogP contribution in [0.2, 0.25) is 0 Å². The van der Waals surface area contributed by atoms with Crippen LogP contribution in [0, 0.1) is 11.6 Å². The van der Waals surface area contributed by atoms with Crippen molar-refractivity contribution in [1.29, 1.82) is 0 Å². The Kier molecular flexibility index (Phi) is 5.57. The summed E-state index contributed by atoms with van der Waals surface area (Å²) in [6.45, 7) is 0.405. The van der Waals surface area contributed by atoms with E-state index in [2.05, 4.69) is 15.5 Å². The highest BCUT2D eigenvalue weighted by Gasteiger charge is 2.16. The molecule has 0 unspecified atom stereocenters. The standard InChI is InChI=1S/C17H14F2N4O2S/c1-25-13-5-2-11(3-6-13)9-23-17(20-21-22-23)26-10-16(24)14-8-12(18)4-7-15(14)19/h2-8H,9-10H2,1H3. The second-order valence-electron chi connectivity index (χ2n) is 5.30. The van der Waals surface area contributed by atoms with Crippen molar-refractivity contribution in [3.63, 3.8) is 0 Å². The van der Waals surface area contributed by atoms with Gasteiger partial charge in [-0.05, 0) is 46.3 Å². The number of carbonyl (C=O) groups excluding carboxylic acids is 1. The summed E-state index contributed by atoms with van der Waals surface area (Å²) in [6, 6.07) is 10.2. The Morgan fingerprint density at radius 3 is 2.69 bits per heavy atom. The Labute approximate surface area is 152 Å². The molecule has 0 atom stereocenters. The molecule has 3 rings (SSSR count). The number of halogens is 2. The van der Waals surface area contributed by atoms with E-state index in [0.29, 0.717) is 11.7 Å². The van der Waals surface area contributed by atoms with Crippen LogP contribution in [0.3, 0.4) is 0 Å². The van der Waals surface area contributed by atoms with Gasteiger partial charge in [-0.15, -0.1) is 5.10 Å². The average Bonchev–Trinajstić information content (AvgIpc) is 3.09. The topological polar surface area (TPSA) is 69.9 Å². The number of tetrazole rings is 1. The number of hydrogen-bond donors (Lipinski definition) is 0. The minimum atomic E-state index is -0.755. The highest BCUT2D eigenvalue weighted by molar-refractivity contribution is 7.99. The van der Waals surface area contributed by atoms with Crippen molar-refractivity contribution in [1.82, 2.24) is 20.2 Å². The van der Waals surface area contributed by atoms with Gasteiger partial charge in [0.25, 0.3) is 0 Å². The number of hydrogen-bond acceptors (Lipinski definition) is 6. The van der Waals surface area contributed by atoms with Crippen molar-refractivity contribution in [3.05, 3.63) is 65.2 Å². The minimum Gasteiger partial charge on any atom is -0.497 e. The van der Waals surface area contributed by atoms with Crippen molar-refractivity contribution in [2.75, 3.05) is 12.9 Å². The van der Waals surface area contributed by atoms with Gasteiger partial charge in [-0.25, -0.2) is 13.5 Å². The first-order valence-corrected chi connectivity index (χ1v) is 8.55. The smallest absolute Gasteiger partial charge is 0.210 e. The Morgan fingerprint density at radius 1 is 1.19 bits per heavy atom. The van der Waals surface area contributed by atoms with E-state index in [4.69, 9.17) is 4.74 Å². The minimum absolute atomic E-state index is 0.108. The molecule has 0 aliphatic heterocycles. The highest BCUT2D eigenvalue weighted by Crippen LogP contribution is 2.19.